The molecular formula is C19H27F4N3. The molecular weight excluding hydrogens is 346 g/mol. The van der Waals surface area contributed by atoms with Gasteiger partial charge in [-0.2, -0.15) is 13.2 Å². The van der Waals surface area contributed by atoms with E-state index >= 15 is 0 Å². The molecule has 0 saturated carbocycles. The summed E-state index contributed by atoms with van der Waals surface area (Å²) in [6.45, 7) is 5.79. The summed E-state index contributed by atoms with van der Waals surface area (Å²) in [5.74, 6) is 0. The minimum atomic E-state index is -4.28. The van der Waals surface area contributed by atoms with E-state index in [0.29, 0.717) is 35.2 Å². The minimum Gasteiger partial charge on any atom is -0.379 e. The average molecular weight is 373 g/mol. The molecule has 146 valence electrons. The van der Waals surface area contributed by atoms with Crippen molar-refractivity contribution in [2.75, 3.05) is 25.5 Å². The maximum Gasteiger partial charge on any atom is 0.406 e. The van der Waals surface area contributed by atoms with E-state index in [9.17, 15) is 17.6 Å². The van der Waals surface area contributed by atoms with Crippen molar-refractivity contribution in [2.24, 2.45) is 0 Å². The van der Waals surface area contributed by atoms with E-state index in [1.807, 2.05) is 25.8 Å². The summed E-state index contributed by atoms with van der Waals surface area (Å²) in [7, 11) is 1.88. The SMILES string of the molecule is CC.Cc1cc2c(NC3CCN(C)CC3F)cccc2n1CC(F)(F)F. The second-order valence-electron chi connectivity index (χ2n) is 6.54. The number of aryl methyl sites for hydroxylation is 1. The fourth-order valence-electron chi connectivity index (χ4n) is 3.35. The van der Waals surface area contributed by atoms with E-state index in [1.165, 1.54) is 4.57 Å². The standard InChI is InChI=1S/C17H21F4N3.C2H6/c1-11-8-12-14(22-15-6-7-23(2)9-13(15)18)4-3-5-16(12)24(11)10-17(19,20)21;1-2/h3-5,8,13,15,22H,6-7,9-10H2,1-2H3;1-2H3. The molecule has 26 heavy (non-hydrogen) atoms. The molecule has 1 saturated heterocycles. The topological polar surface area (TPSA) is 20.2 Å². The van der Waals surface area contributed by atoms with Gasteiger partial charge in [0.2, 0.25) is 0 Å². The van der Waals surface area contributed by atoms with Crippen LogP contribution in [-0.4, -0.2) is 48.0 Å². The Kier molecular flexibility index (Phi) is 6.55. The van der Waals surface area contributed by atoms with Gasteiger partial charge in [-0.25, -0.2) is 4.39 Å². The summed E-state index contributed by atoms with van der Waals surface area (Å²) in [5, 5.41) is 3.90. The number of alkyl halides is 4. The Labute approximate surface area is 152 Å². The molecule has 1 aliphatic heterocycles. The summed E-state index contributed by atoms with van der Waals surface area (Å²) >= 11 is 0. The zero-order chi connectivity index (χ0) is 19.5. The van der Waals surface area contributed by atoms with Crippen LogP contribution in [0.15, 0.2) is 24.3 Å². The van der Waals surface area contributed by atoms with Crippen LogP contribution in [0, 0.1) is 6.92 Å². The van der Waals surface area contributed by atoms with Gasteiger partial charge in [-0.05, 0) is 38.6 Å². The Morgan fingerprint density at radius 3 is 2.54 bits per heavy atom. The lowest BCUT2D eigenvalue weighted by Crippen LogP contribution is -2.46. The lowest BCUT2D eigenvalue weighted by atomic mass is 10.0. The number of piperidine rings is 1. The molecule has 0 bridgehead atoms. The van der Waals surface area contributed by atoms with Crippen molar-refractivity contribution < 1.29 is 17.6 Å². The van der Waals surface area contributed by atoms with Gasteiger partial charge >= 0.3 is 6.18 Å². The monoisotopic (exact) mass is 373 g/mol. The van der Waals surface area contributed by atoms with Crippen molar-refractivity contribution in [3.05, 3.63) is 30.0 Å². The third-order valence-corrected chi connectivity index (χ3v) is 4.58. The van der Waals surface area contributed by atoms with E-state index < -0.39 is 18.9 Å². The highest BCUT2D eigenvalue weighted by atomic mass is 19.4. The van der Waals surface area contributed by atoms with Crippen molar-refractivity contribution in [3.63, 3.8) is 0 Å². The minimum absolute atomic E-state index is 0.321. The lowest BCUT2D eigenvalue weighted by Gasteiger charge is -2.33. The van der Waals surface area contributed by atoms with Crippen LogP contribution < -0.4 is 5.32 Å². The summed E-state index contributed by atoms with van der Waals surface area (Å²) in [5.41, 5.74) is 1.74. The third kappa shape index (κ3) is 4.69. The van der Waals surface area contributed by atoms with Gasteiger partial charge in [0.25, 0.3) is 0 Å². The Hall–Kier alpha value is -1.76. The van der Waals surface area contributed by atoms with Crippen LogP contribution in [0.25, 0.3) is 10.9 Å². The van der Waals surface area contributed by atoms with E-state index in [-0.39, 0.29) is 6.04 Å². The summed E-state index contributed by atoms with van der Waals surface area (Å²) in [6.07, 6.45) is -4.62. The van der Waals surface area contributed by atoms with Crippen LogP contribution in [-0.2, 0) is 6.54 Å². The summed E-state index contributed by atoms with van der Waals surface area (Å²) in [4.78, 5) is 1.94. The Balaban J connectivity index is 0.00000117. The van der Waals surface area contributed by atoms with Crippen LogP contribution in [0.2, 0.25) is 0 Å². The predicted octanol–water partition coefficient (Wildman–Crippen LogP) is 4.99. The van der Waals surface area contributed by atoms with Crippen LogP contribution in [0.4, 0.5) is 23.2 Å². The molecule has 2 atom stereocenters. The highest BCUT2D eigenvalue weighted by Gasteiger charge is 2.30. The normalized spacial score (nSPS) is 21.4. The molecule has 1 aromatic carbocycles. The second-order valence-corrected chi connectivity index (χ2v) is 6.54. The van der Waals surface area contributed by atoms with Gasteiger partial charge < -0.3 is 14.8 Å². The quantitative estimate of drug-likeness (QED) is 0.765. The zero-order valence-corrected chi connectivity index (χ0v) is 15.7. The smallest absolute Gasteiger partial charge is 0.379 e. The molecule has 1 fully saturated rings. The molecule has 2 aromatic rings. The number of nitrogens with zero attached hydrogens (tertiary/aromatic N) is 2. The molecule has 2 unspecified atom stereocenters. The predicted molar refractivity (Wildman–Crippen MR) is 98.5 cm³/mol. The average Bonchev–Trinajstić information content (AvgIpc) is 2.87. The first-order chi connectivity index (χ1) is 12.2. The van der Waals surface area contributed by atoms with Crippen LogP contribution >= 0.6 is 0 Å². The largest absolute Gasteiger partial charge is 0.406 e. The van der Waals surface area contributed by atoms with Gasteiger partial charge in [0.15, 0.2) is 0 Å². The van der Waals surface area contributed by atoms with Gasteiger partial charge in [-0.1, -0.05) is 19.9 Å². The Bertz CT molecular complexity index is 723. The van der Waals surface area contributed by atoms with E-state index in [0.717, 1.165) is 6.54 Å². The molecule has 0 radical (unpaired) electrons. The zero-order valence-electron chi connectivity index (χ0n) is 15.7. The fourth-order valence-corrected chi connectivity index (χ4v) is 3.35. The molecule has 1 aromatic heterocycles. The van der Waals surface area contributed by atoms with E-state index in [4.69, 9.17) is 0 Å². The maximum absolute atomic E-state index is 14.2. The molecule has 2 heterocycles. The van der Waals surface area contributed by atoms with Crippen LogP contribution in [0.1, 0.15) is 26.0 Å². The highest BCUT2D eigenvalue weighted by molar-refractivity contribution is 5.93. The summed E-state index contributed by atoms with van der Waals surface area (Å²) < 4.78 is 53.9. The van der Waals surface area contributed by atoms with E-state index in [1.54, 1.807) is 31.2 Å². The van der Waals surface area contributed by atoms with Crippen LogP contribution in [0.3, 0.4) is 0 Å². The number of rotatable bonds is 3. The number of hydrogen-bond acceptors (Lipinski definition) is 2. The van der Waals surface area contributed by atoms with Gasteiger partial charge in [0.05, 0.1) is 11.6 Å². The summed E-state index contributed by atoms with van der Waals surface area (Å²) in [6, 6.07) is 6.58. The molecule has 7 heteroatoms. The molecule has 0 amide bonds. The van der Waals surface area contributed by atoms with Crippen molar-refractivity contribution in [1.29, 1.82) is 0 Å². The first-order valence-corrected chi connectivity index (χ1v) is 8.99. The molecule has 3 nitrogen and oxygen atoms in total. The number of halogens is 4. The van der Waals surface area contributed by atoms with Crippen molar-refractivity contribution in [3.8, 4) is 0 Å². The number of benzene rings is 1. The number of likely N-dealkylation sites (tertiary alicyclic amines) is 1. The van der Waals surface area contributed by atoms with Gasteiger partial charge in [-0.3, -0.25) is 0 Å². The third-order valence-electron chi connectivity index (χ3n) is 4.58. The van der Waals surface area contributed by atoms with Crippen molar-refractivity contribution in [1.82, 2.24) is 9.47 Å². The number of hydrogen-bond donors (Lipinski definition) is 1. The van der Waals surface area contributed by atoms with Crippen LogP contribution in [0.5, 0.6) is 0 Å². The molecule has 1 aliphatic rings. The molecule has 0 spiro atoms. The van der Waals surface area contributed by atoms with Crippen molar-refractivity contribution in [2.45, 2.75) is 52.1 Å². The Morgan fingerprint density at radius 2 is 1.92 bits per heavy atom. The number of fused-ring (bicyclic) bond motifs is 1. The first kappa shape index (κ1) is 20.6. The van der Waals surface area contributed by atoms with Gasteiger partial charge in [-0.15, -0.1) is 0 Å². The number of aromatic nitrogens is 1. The Morgan fingerprint density at radius 1 is 1.23 bits per heavy atom. The molecule has 1 N–H and O–H groups in total. The number of nitrogens with one attached hydrogen (secondary N) is 1. The maximum atomic E-state index is 14.2. The van der Waals surface area contributed by atoms with E-state index in [2.05, 4.69) is 5.32 Å². The molecule has 0 aliphatic carbocycles. The van der Waals surface area contributed by atoms with Gasteiger partial charge in [0, 0.05) is 29.9 Å². The number of anilines is 1. The van der Waals surface area contributed by atoms with Crippen molar-refractivity contribution >= 4 is 16.6 Å². The molecule has 3 rings (SSSR count). The fraction of sp³-hybridized carbons (Fsp3) is 0.579. The lowest BCUT2D eigenvalue weighted by molar-refractivity contribution is -0.140. The first-order valence-electron chi connectivity index (χ1n) is 8.99. The second kappa shape index (κ2) is 8.29. The highest BCUT2D eigenvalue weighted by Crippen LogP contribution is 2.31. The van der Waals surface area contributed by atoms with Gasteiger partial charge in [0.1, 0.15) is 12.7 Å².